The minimum Gasteiger partial charge on any atom is -0.337 e. The van der Waals surface area contributed by atoms with E-state index in [9.17, 15) is 13.2 Å². The average Bonchev–Trinajstić information content (AvgIpc) is 2.31. The van der Waals surface area contributed by atoms with Gasteiger partial charge in [0.2, 0.25) is 0 Å². The van der Waals surface area contributed by atoms with Gasteiger partial charge in [0.25, 0.3) is 15.0 Å². The van der Waals surface area contributed by atoms with E-state index in [-0.39, 0.29) is 31.9 Å². The van der Waals surface area contributed by atoms with Gasteiger partial charge in [0, 0.05) is 28.8 Å². The summed E-state index contributed by atoms with van der Waals surface area (Å²) in [5, 5.41) is 0.120. The maximum Gasteiger partial charge on any atom is 0.262 e. The van der Waals surface area contributed by atoms with E-state index in [0.717, 1.165) is 0 Å². The molecule has 0 radical (unpaired) electrons. The maximum atomic E-state index is 12.4. The van der Waals surface area contributed by atoms with Crippen molar-refractivity contribution in [2.24, 2.45) is 0 Å². The predicted molar refractivity (Wildman–Crippen MR) is 84.0 cm³/mol. The number of benzene rings is 1. The molecule has 1 rings (SSSR count). The van der Waals surface area contributed by atoms with Crippen LogP contribution in [-0.2, 0) is 9.05 Å². The third kappa shape index (κ3) is 3.87. The zero-order chi connectivity index (χ0) is 15.7. The Morgan fingerprint density at radius 2 is 1.95 bits per heavy atom. The fourth-order valence-corrected chi connectivity index (χ4v) is 4.15. The maximum absolute atomic E-state index is 12.4. The molecule has 1 aromatic carbocycles. The van der Waals surface area contributed by atoms with Crippen LogP contribution in [0.4, 0.5) is 0 Å². The molecule has 0 bridgehead atoms. The Morgan fingerprint density at radius 3 is 2.35 bits per heavy atom. The van der Waals surface area contributed by atoms with Gasteiger partial charge in [-0.2, -0.15) is 0 Å². The molecule has 1 aromatic rings. The molecule has 0 aliphatic heterocycles. The van der Waals surface area contributed by atoms with Crippen LogP contribution in [0.15, 0.2) is 21.5 Å². The van der Waals surface area contributed by atoms with Crippen LogP contribution in [0.2, 0.25) is 5.02 Å². The summed E-state index contributed by atoms with van der Waals surface area (Å²) in [4.78, 5) is 13.8. The Kier molecular flexibility index (Phi) is 5.89. The zero-order valence-corrected chi connectivity index (χ0v) is 15.1. The van der Waals surface area contributed by atoms with Crippen molar-refractivity contribution in [1.82, 2.24) is 4.90 Å². The summed E-state index contributed by atoms with van der Waals surface area (Å²) in [5.74, 6) is -0.293. The van der Waals surface area contributed by atoms with Gasteiger partial charge in [0.15, 0.2) is 0 Å². The molecule has 8 heteroatoms. The zero-order valence-electron chi connectivity index (χ0n) is 11.2. The van der Waals surface area contributed by atoms with E-state index in [2.05, 4.69) is 15.9 Å². The van der Waals surface area contributed by atoms with E-state index in [0.29, 0.717) is 6.54 Å². The minimum atomic E-state index is -3.99. The van der Waals surface area contributed by atoms with E-state index in [1.807, 2.05) is 20.8 Å². The SMILES string of the molecule is CCN(C(=O)c1cc(Cl)c(Br)c(S(=O)(=O)Cl)c1)C(C)C. The fourth-order valence-electron chi connectivity index (χ4n) is 1.77. The van der Waals surface area contributed by atoms with Crippen molar-refractivity contribution in [3.05, 3.63) is 27.2 Å². The summed E-state index contributed by atoms with van der Waals surface area (Å²) >= 11 is 9.02. The van der Waals surface area contributed by atoms with Crippen molar-refractivity contribution in [3.8, 4) is 0 Å². The van der Waals surface area contributed by atoms with E-state index in [4.69, 9.17) is 22.3 Å². The fraction of sp³-hybridized carbons (Fsp3) is 0.417. The molecule has 20 heavy (non-hydrogen) atoms. The summed E-state index contributed by atoms with van der Waals surface area (Å²) < 4.78 is 23.2. The Hall–Kier alpha value is -0.300. The highest BCUT2D eigenvalue weighted by Gasteiger charge is 2.23. The summed E-state index contributed by atoms with van der Waals surface area (Å²) in [5.41, 5.74) is 0.188. The van der Waals surface area contributed by atoms with Crippen molar-refractivity contribution in [2.45, 2.75) is 31.7 Å². The van der Waals surface area contributed by atoms with Gasteiger partial charge in [0.1, 0.15) is 0 Å². The average molecular weight is 403 g/mol. The van der Waals surface area contributed by atoms with Gasteiger partial charge in [-0.25, -0.2) is 8.42 Å². The second kappa shape index (κ2) is 6.64. The summed E-state index contributed by atoms with van der Waals surface area (Å²) in [6.45, 7) is 6.10. The number of carbonyl (C=O) groups excluding carboxylic acids is 1. The standard InChI is InChI=1S/C12H14BrCl2NO3S/c1-4-16(7(2)3)12(17)8-5-9(14)11(13)10(6-8)20(15,18)19/h5-7H,4H2,1-3H3. The molecule has 112 valence electrons. The van der Waals surface area contributed by atoms with Gasteiger partial charge in [-0.05, 0) is 48.8 Å². The van der Waals surface area contributed by atoms with E-state index in [1.54, 1.807) is 4.90 Å². The van der Waals surface area contributed by atoms with Gasteiger partial charge in [-0.15, -0.1) is 0 Å². The molecule has 1 amide bonds. The number of nitrogens with zero attached hydrogens (tertiary/aromatic N) is 1. The van der Waals surface area contributed by atoms with Crippen LogP contribution in [0.25, 0.3) is 0 Å². The largest absolute Gasteiger partial charge is 0.337 e. The second-order valence-electron chi connectivity index (χ2n) is 4.39. The second-order valence-corrected chi connectivity index (χ2v) is 8.13. The first-order chi connectivity index (χ1) is 9.09. The topological polar surface area (TPSA) is 54.5 Å². The quantitative estimate of drug-likeness (QED) is 0.717. The summed E-state index contributed by atoms with van der Waals surface area (Å²) in [6.07, 6.45) is 0. The van der Waals surface area contributed by atoms with Gasteiger partial charge in [-0.1, -0.05) is 11.6 Å². The number of amides is 1. The third-order valence-electron chi connectivity index (χ3n) is 2.73. The lowest BCUT2D eigenvalue weighted by molar-refractivity contribution is 0.0716. The monoisotopic (exact) mass is 401 g/mol. The first-order valence-corrected chi connectivity index (χ1v) is 9.32. The number of carbonyl (C=O) groups is 1. The first kappa shape index (κ1) is 17.8. The molecule has 0 heterocycles. The first-order valence-electron chi connectivity index (χ1n) is 5.84. The van der Waals surface area contributed by atoms with Crippen molar-refractivity contribution < 1.29 is 13.2 Å². The molecular weight excluding hydrogens is 389 g/mol. The molecule has 0 aliphatic rings. The summed E-state index contributed by atoms with van der Waals surface area (Å²) in [7, 11) is 1.35. The van der Waals surface area contributed by atoms with Crippen LogP contribution >= 0.6 is 38.2 Å². The molecular formula is C12H14BrCl2NO3S. The molecule has 0 unspecified atom stereocenters. The lowest BCUT2D eigenvalue weighted by Crippen LogP contribution is -2.36. The number of hydrogen-bond acceptors (Lipinski definition) is 3. The Bertz CT molecular complexity index is 632. The predicted octanol–water partition coefficient (Wildman–Crippen LogP) is 3.90. The molecule has 0 saturated heterocycles. The van der Waals surface area contributed by atoms with Gasteiger partial charge < -0.3 is 4.90 Å². The van der Waals surface area contributed by atoms with Crippen molar-refractivity contribution in [1.29, 1.82) is 0 Å². The Labute approximate surface area is 136 Å². The molecule has 0 aromatic heterocycles. The van der Waals surface area contributed by atoms with Crippen LogP contribution in [-0.4, -0.2) is 31.8 Å². The molecule has 0 N–H and O–H groups in total. The molecule has 0 saturated carbocycles. The number of rotatable bonds is 4. The molecule has 0 fully saturated rings. The van der Waals surface area contributed by atoms with Gasteiger partial charge in [0.05, 0.1) is 14.4 Å². The summed E-state index contributed by atoms with van der Waals surface area (Å²) in [6, 6.07) is 2.64. The van der Waals surface area contributed by atoms with E-state index >= 15 is 0 Å². The normalized spacial score (nSPS) is 11.8. The van der Waals surface area contributed by atoms with Crippen molar-refractivity contribution in [2.75, 3.05) is 6.54 Å². The molecule has 0 aliphatic carbocycles. The highest BCUT2D eigenvalue weighted by molar-refractivity contribution is 9.10. The van der Waals surface area contributed by atoms with Crippen molar-refractivity contribution >= 4 is 53.2 Å². The minimum absolute atomic E-state index is 0.00835. The van der Waals surface area contributed by atoms with E-state index in [1.165, 1.54) is 12.1 Å². The highest BCUT2D eigenvalue weighted by atomic mass is 79.9. The van der Waals surface area contributed by atoms with Crippen LogP contribution in [0, 0.1) is 0 Å². The van der Waals surface area contributed by atoms with Crippen LogP contribution in [0.3, 0.4) is 0 Å². The van der Waals surface area contributed by atoms with Gasteiger partial charge >= 0.3 is 0 Å². The smallest absolute Gasteiger partial charge is 0.262 e. The van der Waals surface area contributed by atoms with Crippen LogP contribution in [0.1, 0.15) is 31.1 Å². The Balaban J connectivity index is 3.42. The number of halogens is 3. The Morgan fingerprint density at radius 1 is 1.40 bits per heavy atom. The lowest BCUT2D eigenvalue weighted by atomic mass is 10.1. The van der Waals surface area contributed by atoms with Gasteiger partial charge in [-0.3, -0.25) is 4.79 Å². The number of hydrogen-bond donors (Lipinski definition) is 0. The highest BCUT2D eigenvalue weighted by Crippen LogP contribution is 2.33. The van der Waals surface area contributed by atoms with Crippen LogP contribution < -0.4 is 0 Å². The molecule has 0 atom stereocenters. The lowest BCUT2D eigenvalue weighted by Gasteiger charge is -2.25. The van der Waals surface area contributed by atoms with Crippen LogP contribution in [0.5, 0.6) is 0 Å². The van der Waals surface area contributed by atoms with E-state index < -0.39 is 9.05 Å². The molecule has 0 spiro atoms. The van der Waals surface area contributed by atoms with Crippen molar-refractivity contribution in [3.63, 3.8) is 0 Å². The third-order valence-corrected chi connectivity index (χ3v) is 5.72. The molecule has 4 nitrogen and oxygen atoms in total.